The van der Waals surface area contributed by atoms with Crippen LogP contribution in [0.3, 0.4) is 0 Å². The molecule has 0 heterocycles. The van der Waals surface area contributed by atoms with Gasteiger partial charge in [0.2, 0.25) is 0 Å². The highest BCUT2D eigenvalue weighted by Gasteiger charge is 2.39. The number of hydrogen-bond acceptors (Lipinski definition) is 2. The molecule has 0 aromatic rings. The lowest BCUT2D eigenvalue weighted by Gasteiger charge is -2.49. The largest absolute Gasteiger partial charge is 0.329 e. The van der Waals surface area contributed by atoms with Crippen LogP contribution in [-0.4, -0.2) is 29.6 Å². The van der Waals surface area contributed by atoms with Crippen LogP contribution >= 0.6 is 0 Å². The molecule has 2 N–H and O–H groups in total. The van der Waals surface area contributed by atoms with E-state index in [4.69, 9.17) is 5.73 Å². The SMILES string of the molecule is CCCN(C(C)C)C1(CN)CCC(CC)CC1. The Morgan fingerprint density at radius 1 is 1.24 bits per heavy atom. The molecule has 0 saturated heterocycles. The van der Waals surface area contributed by atoms with Crippen molar-refractivity contribution in [2.45, 2.75) is 77.8 Å². The Morgan fingerprint density at radius 3 is 2.18 bits per heavy atom. The normalized spacial score (nSPS) is 30.2. The van der Waals surface area contributed by atoms with Crippen LogP contribution in [0.1, 0.15) is 66.2 Å². The lowest BCUT2D eigenvalue weighted by Crippen LogP contribution is -2.58. The van der Waals surface area contributed by atoms with E-state index in [1.165, 1.54) is 45.1 Å². The maximum atomic E-state index is 6.15. The average molecular weight is 240 g/mol. The Bertz CT molecular complexity index is 205. The van der Waals surface area contributed by atoms with Gasteiger partial charge in [-0.15, -0.1) is 0 Å². The smallest absolute Gasteiger partial charge is 0.0334 e. The molecule has 0 spiro atoms. The predicted octanol–water partition coefficient (Wildman–Crippen LogP) is 3.40. The van der Waals surface area contributed by atoms with E-state index in [9.17, 15) is 0 Å². The van der Waals surface area contributed by atoms with Gasteiger partial charge in [0.1, 0.15) is 0 Å². The molecule has 0 aromatic carbocycles. The van der Waals surface area contributed by atoms with Gasteiger partial charge in [-0.2, -0.15) is 0 Å². The summed E-state index contributed by atoms with van der Waals surface area (Å²) < 4.78 is 0. The minimum atomic E-state index is 0.301. The summed E-state index contributed by atoms with van der Waals surface area (Å²) in [4.78, 5) is 2.68. The van der Waals surface area contributed by atoms with Crippen molar-refractivity contribution in [3.05, 3.63) is 0 Å². The van der Waals surface area contributed by atoms with Crippen molar-refractivity contribution in [2.24, 2.45) is 11.7 Å². The maximum absolute atomic E-state index is 6.15. The number of nitrogens with two attached hydrogens (primary N) is 1. The molecule has 1 fully saturated rings. The van der Waals surface area contributed by atoms with Crippen LogP contribution in [0.5, 0.6) is 0 Å². The van der Waals surface area contributed by atoms with Crippen molar-refractivity contribution < 1.29 is 0 Å². The van der Waals surface area contributed by atoms with Crippen molar-refractivity contribution in [3.63, 3.8) is 0 Å². The van der Waals surface area contributed by atoms with Crippen LogP contribution < -0.4 is 5.73 Å². The van der Waals surface area contributed by atoms with Crippen molar-refractivity contribution in [3.8, 4) is 0 Å². The Labute approximate surface area is 108 Å². The molecule has 0 aromatic heterocycles. The highest BCUT2D eigenvalue weighted by atomic mass is 15.2. The third kappa shape index (κ3) is 3.45. The van der Waals surface area contributed by atoms with Crippen LogP contribution in [0.15, 0.2) is 0 Å². The summed E-state index contributed by atoms with van der Waals surface area (Å²) >= 11 is 0. The second-order valence-corrected chi connectivity index (χ2v) is 6.07. The number of rotatable bonds is 6. The van der Waals surface area contributed by atoms with Gasteiger partial charge in [-0.05, 0) is 58.4 Å². The summed E-state index contributed by atoms with van der Waals surface area (Å²) in [6, 6.07) is 0.622. The molecule has 0 unspecified atom stereocenters. The quantitative estimate of drug-likeness (QED) is 0.771. The van der Waals surface area contributed by atoms with E-state index in [1.54, 1.807) is 0 Å². The van der Waals surface area contributed by atoms with Gasteiger partial charge in [0.25, 0.3) is 0 Å². The van der Waals surface area contributed by atoms with Crippen molar-refractivity contribution in [1.29, 1.82) is 0 Å². The lowest BCUT2D eigenvalue weighted by atomic mass is 9.74. The molecule has 1 aliphatic carbocycles. The molecule has 0 radical (unpaired) electrons. The third-order valence-electron chi connectivity index (χ3n) is 4.69. The molecule has 1 saturated carbocycles. The van der Waals surface area contributed by atoms with Gasteiger partial charge in [-0.1, -0.05) is 20.3 Å². The zero-order valence-corrected chi connectivity index (χ0v) is 12.3. The van der Waals surface area contributed by atoms with Crippen LogP contribution in [0.2, 0.25) is 0 Å². The van der Waals surface area contributed by atoms with Crippen molar-refractivity contribution in [2.75, 3.05) is 13.1 Å². The predicted molar refractivity (Wildman–Crippen MR) is 76.2 cm³/mol. The molecule has 0 aliphatic heterocycles. The fraction of sp³-hybridized carbons (Fsp3) is 1.00. The zero-order chi connectivity index (χ0) is 12.9. The van der Waals surface area contributed by atoms with E-state index in [0.29, 0.717) is 11.6 Å². The first-order valence-electron chi connectivity index (χ1n) is 7.56. The summed E-state index contributed by atoms with van der Waals surface area (Å²) in [6.45, 7) is 11.3. The molecule has 2 nitrogen and oxygen atoms in total. The molecular formula is C15H32N2. The van der Waals surface area contributed by atoms with Gasteiger partial charge in [0.15, 0.2) is 0 Å². The van der Waals surface area contributed by atoms with E-state index in [2.05, 4.69) is 32.6 Å². The number of nitrogens with zero attached hydrogens (tertiary/aromatic N) is 1. The topological polar surface area (TPSA) is 29.3 Å². The Morgan fingerprint density at radius 2 is 1.82 bits per heavy atom. The second-order valence-electron chi connectivity index (χ2n) is 6.07. The highest BCUT2D eigenvalue weighted by Crippen LogP contribution is 2.38. The van der Waals surface area contributed by atoms with E-state index in [-0.39, 0.29) is 0 Å². The highest BCUT2D eigenvalue weighted by molar-refractivity contribution is 4.96. The fourth-order valence-electron chi connectivity index (χ4n) is 3.52. The van der Waals surface area contributed by atoms with Gasteiger partial charge in [-0.3, -0.25) is 4.90 Å². The summed E-state index contributed by atoms with van der Waals surface area (Å²) in [5.74, 6) is 0.949. The summed E-state index contributed by atoms with van der Waals surface area (Å²) in [5.41, 5.74) is 6.45. The van der Waals surface area contributed by atoms with E-state index >= 15 is 0 Å². The Hall–Kier alpha value is -0.0800. The molecule has 2 heteroatoms. The Kier molecular flexibility index (Phi) is 5.94. The number of hydrogen-bond donors (Lipinski definition) is 1. The molecule has 17 heavy (non-hydrogen) atoms. The lowest BCUT2D eigenvalue weighted by molar-refractivity contribution is 0.0174. The van der Waals surface area contributed by atoms with Crippen LogP contribution in [-0.2, 0) is 0 Å². The summed E-state index contributed by atoms with van der Waals surface area (Å²) in [6.07, 6.45) is 7.94. The molecule has 0 atom stereocenters. The Balaban J connectivity index is 2.73. The van der Waals surface area contributed by atoms with Crippen LogP contribution in [0.4, 0.5) is 0 Å². The molecule has 102 valence electrons. The standard InChI is InChI=1S/C15H32N2/c1-5-11-17(13(3)4)15(12-16)9-7-14(6-2)8-10-15/h13-14H,5-12,16H2,1-4H3. The molecule has 0 amide bonds. The van der Waals surface area contributed by atoms with E-state index < -0.39 is 0 Å². The van der Waals surface area contributed by atoms with Gasteiger partial charge >= 0.3 is 0 Å². The van der Waals surface area contributed by atoms with E-state index in [0.717, 1.165) is 12.5 Å². The second kappa shape index (κ2) is 6.75. The molecule has 1 rings (SSSR count). The first kappa shape index (κ1) is 15.0. The van der Waals surface area contributed by atoms with Gasteiger partial charge in [0, 0.05) is 18.1 Å². The fourth-order valence-corrected chi connectivity index (χ4v) is 3.52. The zero-order valence-electron chi connectivity index (χ0n) is 12.3. The summed E-state index contributed by atoms with van der Waals surface area (Å²) in [5, 5.41) is 0. The van der Waals surface area contributed by atoms with Gasteiger partial charge in [-0.25, -0.2) is 0 Å². The third-order valence-corrected chi connectivity index (χ3v) is 4.69. The van der Waals surface area contributed by atoms with Crippen molar-refractivity contribution in [1.82, 2.24) is 4.90 Å². The van der Waals surface area contributed by atoms with Crippen LogP contribution in [0, 0.1) is 5.92 Å². The first-order valence-corrected chi connectivity index (χ1v) is 7.56. The first-order chi connectivity index (χ1) is 8.09. The maximum Gasteiger partial charge on any atom is 0.0334 e. The molecular weight excluding hydrogens is 208 g/mol. The minimum Gasteiger partial charge on any atom is -0.329 e. The summed E-state index contributed by atoms with van der Waals surface area (Å²) in [7, 11) is 0. The minimum absolute atomic E-state index is 0.301. The van der Waals surface area contributed by atoms with E-state index in [1.807, 2.05) is 0 Å². The average Bonchev–Trinajstić information content (AvgIpc) is 2.35. The molecule has 1 aliphatic rings. The molecule has 0 bridgehead atoms. The van der Waals surface area contributed by atoms with Crippen LogP contribution in [0.25, 0.3) is 0 Å². The monoisotopic (exact) mass is 240 g/mol. The van der Waals surface area contributed by atoms with Gasteiger partial charge < -0.3 is 5.73 Å². The van der Waals surface area contributed by atoms with Gasteiger partial charge in [0.05, 0.1) is 0 Å². The van der Waals surface area contributed by atoms with Crippen molar-refractivity contribution >= 4 is 0 Å².